The van der Waals surface area contributed by atoms with Gasteiger partial charge >= 0.3 is 0 Å². The van der Waals surface area contributed by atoms with Gasteiger partial charge in [0.25, 0.3) is 0 Å². The van der Waals surface area contributed by atoms with Crippen molar-refractivity contribution in [2.75, 3.05) is 11.6 Å². The molecule has 110 valence electrons. The van der Waals surface area contributed by atoms with E-state index in [4.69, 9.17) is 4.98 Å². The zero-order chi connectivity index (χ0) is 14.9. The number of thioether (sulfide) groups is 2. The Morgan fingerprint density at radius 2 is 2.00 bits per heavy atom. The fraction of sp³-hybridized carbons (Fsp3) is 0.167. The number of benzene rings is 2. The van der Waals surface area contributed by atoms with Crippen LogP contribution in [-0.2, 0) is 11.5 Å². The summed E-state index contributed by atoms with van der Waals surface area (Å²) < 4.78 is 0. The molecule has 1 aliphatic heterocycles. The molecule has 2 aromatic carbocycles. The first-order valence-corrected chi connectivity index (χ1v) is 9.62. The van der Waals surface area contributed by atoms with Crippen LogP contribution >= 0.6 is 23.5 Å². The molecular formula is C18H16N2S2. The zero-order valence-corrected chi connectivity index (χ0v) is 13.9. The highest BCUT2D eigenvalue weighted by Crippen LogP contribution is 2.39. The molecule has 1 N–H and O–H groups in total. The summed E-state index contributed by atoms with van der Waals surface area (Å²) >= 11 is 3.71. The summed E-state index contributed by atoms with van der Waals surface area (Å²) in [5.41, 5.74) is 6.03. The Labute approximate surface area is 138 Å². The van der Waals surface area contributed by atoms with Crippen molar-refractivity contribution < 1.29 is 0 Å². The van der Waals surface area contributed by atoms with E-state index in [1.165, 1.54) is 27.2 Å². The summed E-state index contributed by atoms with van der Waals surface area (Å²) in [6.07, 6.45) is 2.11. The fourth-order valence-corrected chi connectivity index (χ4v) is 4.32. The molecule has 4 rings (SSSR count). The Balaban J connectivity index is 1.86. The van der Waals surface area contributed by atoms with Crippen molar-refractivity contribution in [1.29, 1.82) is 0 Å². The maximum atomic E-state index is 4.83. The van der Waals surface area contributed by atoms with Crippen LogP contribution in [0.2, 0.25) is 0 Å². The third kappa shape index (κ3) is 2.46. The number of pyridine rings is 1. The summed E-state index contributed by atoms with van der Waals surface area (Å²) in [5.74, 6) is 2.05. The molecular weight excluding hydrogens is 308 g/mol. The molecule has 0 unspecified atom stereocenters. The van der Waals surface area contributed by atoms with E-state index in [0.717, 1.165) is 22.7 Å². The Kier molecular flexibility index (Phi) is 3.72. The average Bonchev–Trinajstić information content (AvgIpc) is 3.03. The van der Waals surface area contributed by atoms with Gasteiger partial charge in [-0.2, -0.15) is 11.8 Å². The van der Waals surface area contributed by atoms with Gasteiger partial charge in [0.15, 0.2) is 0 Å². The SMILES string of the molecule is CSc1cccc(Nc2c3c(nc4ccccc24)CSC3)c1. The van der Waals surface area contributed by atoms with Crippen molar-refractivity contribution in [2.45, 2.75) is 16.4 Å². The Morgan fingerprint density at radius 3 is 2.91 bits per heavy atom. The Hall–Kier alpha value is -1.65. The number of para-hydroxylation sites is 1. The third-order valence-corrected chi connectivity index (χ3v) is 5.60. The molecule has 3 aromatic rings. The molecule has 0 fully saturated rings. The molecule has 2 heterocycles. The van der Waals surface area contributed by atoms with E-state index in [-0.39, 0.29) is 0 Å². The molecule has 0 aliphatic carbocycles. The second-order valence-corrected chi connectivity index (χ2v) is 7.14. The Bertz CT molecular complexity index is 846. The highest BCUT2D eigenvalue weighted by molar-refractivity contribution is 7.98. The monoisotopic (exact) mass is 324 g/mol. The van der Waals surface area contributed by atoms with Crippen LogP contribution in [0.3, 0.4) is 0 Å². The lowest BCUT2D eigenvalue weighted by molar-refractivity contribution is 1.20. The van der Waals surface area contributed by atoms with Crippen molar-refractivity contribution in [3.8, 4) is 0 Å². The minimum atomic E-state index is 1.01. The van der Waals surface area contributed by atoms with Crippen molar-refractivity contribution in [2.24, 2.45) is 0 Å². The molecule has 0 bridgehead atoms. The molecule has 2 nitrogen and oxygen atoms in total. The van der Waals surface area contributed by atoms with Gasteiger partial charge in [0.2, 0.25) is 0 Å². The summed E-state index contributed by atoms with van der Waals surface area (Å²) in [6, 6.07) is 17.0. The van der Waals surface area contributed by atoms with E-state index in [0.29, 0.717) is 0 Å². The second kappa shape index (κ2) is 5.86. The van der Waals surface area contributed by atoms with Gasteiger partial charge in [0.1, 0.15) is 0 Å². The molecule has 0 saturated carbocycles. The number of anilines is 2. The van der Waals surface area contributed by atoms with Gasteiger partial charge in [0.05, 0.1) is 16.9 Å². The molecule has 0 radical (unpaired) electrons. The number of hydrogen-bond donors (Lipinski definition) is 1. The van der Waals surface area contributed by atoms with Crippen molar-refractivity contribution in [3.63, 3.8) is 0 Å². The summed E-state index contributed by atoms with van der Waals surface area (Å²) in [7, 11) is 0. The van der Waals surface area contributed by atoms with Gasteiger partial charge in [0, 0.05) is 33.0 Å². The van der Waals surface area contributed by atoms with E-state index in [9.17, 15) is 0 Å². The highest BCUT2D eigenvalue weighted by Gasteiger charge is 2.19. The predicted octanol–water partition coefficient (Wildman–Crippen LogP) is 5.45. The minimum absolute atomic E-state index is 1.01. The molecule has 22 heavy (non-hydrogen) atoms. The standard InChI is InChI=1S/C18H16N2S2/c1-21-13-6-4-5-12(9-13)19-18-14-7-2-3-8-16(14)20-17-11-22-10-15(17)18/h2-9H,10-11H2,1H3,(H,19,20). The molecule has 4 heteroatoms. The van der Waals surface area contributed by atoms with Crippen LogP contribution in [0.4, 0.5) is 11.4 Å². The maximum Gasteiger partial charge on any atom is 0.0726 e. The van der Waals surface area contributed by atoms with Crippen LogP contribution in [0, 0.1) is 0 Å². The van der Waals surface area contributed by atoms with E-state index >= 15 is 0 Å². The first kappa shape index (κ1) is 14.0. The lowest BCUT2D eigenvalue weighted by Gasteiger charge is -2.14. The number of nitrogens with one attached hydrogen (secondary N) is 1. The lowest BCUT2D eigenvalue weighted by atomic mass is 10.1. The highest BCUT2D eigenvalue weighted by atomic mass is 32.2. The normalized spacial score (nSPS) is 13.3. The topological polar surface area (TPSA) is 24.9 Å². The van der Waals surface area contributed by atoms with E-state index in [2.05, 4.69) is 60.1 Å². The molecule has 1 aromatic heterocycles. The minimum Gasteiger partial charge on any atom is -0.355 e. The first-order chi connectivity index (χ1) is 10.8. The lowest BCUT2D eigenvalue weighted by Crippen LogP contribution is -1.99. The van der Waals surface area contributed by atoms with Gasteiger partial charge in [-0.3, -0.25) is 4.98 Å². The van der Waals surface area contributed by atoms with Crippen LogP contribution in [0.1, 0.15) is 11.3 Å². The van der Waals surface area contributed by atoms with Gasteiger partial charge < -0.3 is 5.32 Å². The van der Waals surface area contributed by atoms with E-state index in [1.54, 1.807) is 11.8 Å². The van der Waals surface area contributed by atoms with Crippen molar-refractivity contribution in [1.82, 2.24) is 4.98 Å². The number of rotatable bonds is 3. The van der Waals surface area contributed by atoms with Crippen LogP contribution in [0.15, 0.2) is 53.4 Å². The molecule has 0 spiro atoms. The second-order valence-electron chi connectivity index (χ2n) is 5.28. The van der Waals surface area contributed by atoms with E-state index < -0.39 is 0 Å². The third-order valence-electron chi connectivity index (χ3n) is 3.90. The quantitative estimate of drug-likeness (QED) is 0.648. The fourth-order valence-electron chi connectivity index (χ4n) is 2.81. The van der Waals surface area contributed by atoms with Crippen LogP contribution in [0.5, 0.6) is 0 Å². The van der Waals surface area contributed by atoms with Gasteiger partial charge in [-0.05, 0) is 30.5 Å². The number of fused-ring (bicyclic) bond motifs is 2. The number of nitrogens with zero attached hydrogens (tertiary/aromatic N) is 1. The smallest absolute Gasteiger partial charge is 0.0726 e. The zero-order valence-electron chi connectivity index (χ0n) is 12.3. The first-order valence-electron chi connectivity index (χ1n) is 7.24. The van der Waals surface area contributed by atoms with Crippen LogP contribution in [0.25, 0.3) is 10.9 Å². The van der Waals surface area contributed by atoms with Gasteiger partial charge in [-0.1, -0.05) is 24.3 Å². The van der Waals surface area contributed by atoms with Gasteiger partial charge in [-0.15, -0.1) is 11.8 Å². The van der Waals surface area contributed by atoms with Crippen LogP contribution in [-0.4, -0.2) is 11.2 Å². The van der Waals surface area contributed by atoms with Crippen molar-refractivity contribution in [3.05, 3.63) is 59.8 Å². The van der Waals surface area contributed by atoms with E-state index in [1.807, 2.05) is 11.8 Å². The summed E-state index contributed by atoms with van der Waals surface area (Å²) in [6.45, 7) is 0. The average molecular weight is 324 g/mol. The summed E-state index contributed by atoms with van der Waals surface area (Å²) in [4.78, 5) is 6.10. The molecule has 1 aliphatic rings. The molecule has 0 amide bonds. The molecule has 0 atom stereocenters. The number of hydrogen-bond acceptors (Lipinski definition) is 4. The van der Waals surface area contributed by atoms with Crippen molar-refractivity contribution >= 4 is 45.8 Å². The predicted molar refractivity (Wildman–Crippen MR) is 98.2 cm³/mol. The maximum absolute atomic E-state index is 4.83. The number of aromatic nitrogens is 1. The van der Waals surface area contributed by atoms with Gasteiger partial charge in [-0.25, -0.2) is 0 Å². The Morgan fingerprint density at radius 1 is 1.09 bits per heavy atom. The molecule has 0 saturated heterocycles. The summed E-state index contributed by atoms with van der Waals surface area (Å²) in [5, 5.41) is 4.86. The largest absolute Gasteiger partial charge is 0.355 e. The van der Waals surface area contributed by atoms with Crippen LogP contribution < -0.4 is 5.32 Å².